The maximum atomic E-state index is 12.3. The van der Waals surface area contributed by atoms with Gasteiger partial charge in [0.25, 0.3) is 0 Å². The molecule has 0 spiro atoms. The highest BCUT2D eigenvalue weighted by Gasteiger charge is 2.32. The smallest absolute Gasteiger partial charge is 0.239 e. The number of rotatable bonds is 4. The average molecular weight is 226 g/mol. The van der Waals surface area contributed by atoms with Crippen LogP contribution in [0, 0.1) is 5.92 Å². The number of carbonyl (C=O) groups excluding carboxylic acids is 1. The molecule has 1 aliphatic rings. The van der Waals surface area contributed by atoms with Crippen LogP contribution in [0.2, 0.25) is 0 Å². The lowest BCUT2D eigenvalue weighted by Crippen LogP contribution is -2.55. The van der Waals surface area contributed by atoms with Gasteiger partial charge in [-0.15, -0.1) is 0 Å². The van der Waals surface area contributed by atoms with E-state index >= 15 is 0 Å². The molecule has 0 bridgehead atoms. The molecule has 1 fully saturated rings. The Bertz CT molecular complexity index is 238. The van der Waals surface area contributed by atoms with Crippen LogP contribution in [0.4, 0.5) is 0 Å². The van der Waals surface area contributed by atoms with E-state index in [-0.39, 0.29) is 6.04 Å². The second-order valence-corrected chi connectivity index (χ2v) is 5.53. The molecule has 1 amide bonds. The molecule has 1 N–H and O–H groups in total. The predicted molar refractivity (Wildman–Crippen MR) is 67.3 cm³/mol. The van der Waals surface area contributed by atoms with Crippen LogP contribution >= 0.6 is 0 Å². The molecule has 3 heteroatoms. The Balaban J connectivity index is 2.63. The van der Waals surface area contributed by atoms with E-state index in [0.717, 1.165) is 19.4 Å². The molecular formula is C13H26N2O. The van der Waals surface area contributed by atoms with Crippen LogP contribution in [0.25, 0.3) is 0 Å². The van der Waals surface area contributed by atoms with Crippen molar-refractivity contribution in [2.45, 2.75) is 65.6 Å². The van der Waals surface area contributed by atoms with Gasteiger partial charge in [-0.1, -0.05) is 27.7 Å². The van der Waals surface area contributed by atoms with E-state index in [1.54, 1.807) is 0 Å². The molecule has 1 rings (SSSR count). The SMILES string of the molecule is CC(C)NC1CCCN(C(C)C(C)C)C1=O. The van der Waals surface area contributed by atoms with Gasteiger partial charge >= 0.3 is 0 Å². The molecule has 1 heterocycles. The topological polar surface area (TPSA) is 32.3 Å². The third kappa shape index (κ3) is 3.21. The lowest BCUT2D eigenvalue weighted by atomic mass is 9.97. The van der Waals surface area contributed by atoms with Crippen molar-refractivity contribution in [2.75, 3.05) is 6.54 Å². The Kier molecular flexibility index (Phi) is 4.78. The number of likely N-dealkylation sites (tertiary alicyclic amines) is 1. The summed E-state index contributed by atoms with van der Waals surface area (Å²) in [6.45, 7) is 11.6. The second-order valence-electron chi connectivity index (χ2n) is 5.53. The van der Waals surface area contributed by atoms with Crippen molar-refractivity contribution in [1.29, 1.82) is 0 Å². The average Bonchev–Trinajstić information content (AvgIpc) is 2.19. The van der Waals surface area contributed by atoms with Crippen molar-refractivity contribution in [1.82, 2.24) is 10.2 Å². The fourth-order valence-corrected chi connectivity index (χ4v) is 2.22. The van der Waals surface area contributed by atoms with Crippen LogP contribution in [-0.2, 0) is 4.79 Å². The molecule has 16 heavy (non-hydrogen) atoms. The molecular weight excluding hydrogens is 200 g/mol. The number of nitrogens with one attached hydrogen (secondary N) is 1. The maximum absolute atomic E-state index is 12.3. The van der Waals surface area contributed by atoms with Gasteiger partial charge in [0.2, 0.25) is 5.91 Å². The zero-order valence-electron chi connectivity index (χ0n) is 11.3. The van der Waals surface area contributed by atoms with E-state index in [4.69, 9.17) is 0 Å². The molecule has 1 aliphatic heterocycles. The van der Waals surface area contributed by atoms with Crippen molar-refractivity contribution in [3.8, 4) is 0 Å². The summed E-state index contributed by atoms with van der Waals surface area (Å²) >= 11 is 0. The van der Waals surface area contributed by atoms with Crippen molar-refractivity contribution in [2.24, 2.45) is 5.92 Å². The van der Waals surface area contributed by atoms with Crippen LogP contribution < -0.4 is 5.32 Å². The normalized spacial score (nSPS) is 24.3. The summed E-state index contributed by atoms with van der Waals surface area (Å²) in [5, 5.41) is 3.36. The molecule has 0 aromatic heterocycles. The summed E-state index contributed by atoms with van der Waals surface area (Å²) in [7, 11) is 0. The minimum atomic E-state index is 0.0370. The van der Waals surface area contributed by atoms with Gasteiger partial charge in [-0.25, -0.2) is 0 Å². The van der Waals surface area contributed by atoms with E-state index in [2.05, 4.69) is 39.9 Å². The number of hydrogen-bond acceptors (Lipinski definition) is 2. The molecule has 3 nitrogen and oxygen atoms in total. The Morgan fingerprint density at radius 2 is 1.88 bits per heavy atom. The lowest BCUT2D eigenvalue weighted by Gasteiger charge is -2.39. The van der Waals surface area contributed by atoms with E-state index in [0.29, 0.717) is 23.9 Å². The molecule has 0 radical (unpaired) electrons. The van der Waals surface area contributed by atoms with Gasteiger partial charge < -0.3 is 10.2 Å². The Morgan fingerprint density at radius 1 is 1.25 bits per heavy atom. The summed E-state index contributed by atoms with van der Waals surface area (Å²) in [5.74, 6) is 0.822. The van der Waals surface area contributed by atoms with Gasteiger partial charge in [0.05, 0.1) is 6.04 Å². The Labute approximate surface area is 99.6 Å². The molecule has 1 saturated heterocycles. The monoisotopic (exact) mass is 226 g/mol. The highest BCUT2D eigenvalue weighted by molar-refractivity contribution is 5.83. The molecule has 0 aromatic rings. The summed E-state index contributed by atoms with van der Waals surface area (Å²) in [6, 6.07) is 0.766. The van der Waals surface area contributed by atoms with Crippen molar-refractivity contribution in [3.05, 3.63) is 0 Å². The fraction of sp³-hybridized carbons (Fsp3) is 0.923. The zero-order valence-corrected chi connectivity index (χ0v) is 11.3. The van der Waals surface area contributed by atoms with Gasteiger partial charge in [0, 0.05) is 18.6 Å². The summed E-state index contributed by atoms with van der Waals surface area (Å²) < 4.78 is 0. The van der Waals surface area contributed by atoms with Crippen molar-refractivity contribution < 1.29 is 4.79 Å². The fourth-order valence-electron chi connectivity index (χ4n) is 2.22. The highest BCUT2D eigenvalue weighted by Crippen LogP contribution is 2.19. The van der Waals surface area contributed by atoms with Crippen molar-refractivity contribution >= 4 is 5.91 Å². The molecule has 2 atom stereocenters. The molecule has 94 valence electrons. The third-order valence-electron chi connectivity index (χ3n) is 3.46. The standard InChI is InChI=1S/C13H26N2O/c1-9(2)11(5)15-8-6-7-12(13(15)16)14-10(3)4/h9-12,14H,6-8H2,1-5H3. The first kappa shape index (κ1) is 13.5. The van der Waals surface area contributed by atoms with Gasteiger partial charge in [-0.05, 0) is 25.7 Å². The van der Waals surface area contributed by atoms with Crippen LogP contribution in [-0.4, -0.2) is 35.5 Å². The summed E-state index contributed by atoms with van der Waals surface area (Å²) in [6.07, 6.45) is 2.10. The zero-order chi connectivity index (χ0) is 12.3. The van der Waals surface area contributed by atoms with Crippen molar-refractivity contribution in [3.63, 3.8) is 0 Å². The number of hydrogen-bond donors (Lipinski definition) is 1. The number of nitrogens with zero attached hydrogens (tertiary/aromatic N) is 1. The van der Waals surface area contributed by atoms with Gasteiger partial charge in [-0.2, -0.15) is 0 Å². The summed E-state index contributed by atoms with van der Waals surface area (Å²) in [4.78, 5) is 14.3. The van der Waals surface area contributed by atoms with E-state index in [1.807, 2.05) is 4.90 Å². The number of carbonyl (C=O) groups is 1. The first-order valence-corrected chi connectivity index (χ1v) is 6.50. The van der Waals surface area contributed by atoms with Gasteiger partial charge in [-0.3, -0.25) is 4.79 Å². The molecule has 0 aromatic carbocycles. The minimum Gasteiger partial charge on any atom is -0.338 e. The van der Waals surface area contributed by atoms with E-state index in [1.165, 1.54) is 0 Å². The largest absolute Gasteiger partial charge is 0.338 e. The number of amides is 1. The highest BCUT2D eigenvalue weighted by atomic mass is 16.2. The Hall–Kier alpha value is -0.570. The molecule has 2 unspecified atom stereocenters. The van der Waals surface area contributed by atoms with Gasteiger partial charge in [0.15, 0.2) is 0 Å². The Morgan fingerprint density at radius 3 is 2.38 bits per heavy atom. The lowest BCUT2D eigenvalue weighted by molar-refractivity contribution is -0.139. The third-order valence-corrected chi connectivity index (χ3v) is 3.46. The molecule has 0 aliphatic carbocycles. The van der Waals surface area contributed by atoms with Crippen LogP contribution in [0.3, 0.4) is 0 Å². The first-order chi connectivity index (χ1) is 7.43. The second kappa shape index (κ2) is 5.67. The quantitative estimate of drug-likeness (QED) is 0.795. The first-order valence-electron chi connectivity index (χ1n) is 6.50. The van der Waals surface area contributed by atoms with Crippen LogP contribution in [0.15, 0.2) is 0 Å². The predicted octanol–water partition coefficient (Wildman–Crippen LogP) is 2.02. The maximum Gasteiger partial charge on any atom is 0.239 e. The summed E-state index contributed by atoms with van der Waals surface area (Å²) in [5.41, 5.74) is 0. The van der Waals surface area contributed by atoms with E-state index < -0.39 is 0 Å². The van der Waals surface area contributed by atoms with Crippen LogP contribution in [0.5, 0.6) is 0 Å². The van der Waals surface area contributed by atoms with Gasteiger partial charge in [0.1, 0.15) is 0 Å². The van der Waals surface area contributed by atoms with Crippen LogP contribution in [0.1, 0.15) is 47.5 Å². The minimum absolute atomic E-state index is 0.0370. The molecule has 0 saturated carbocycles. The van der Waals surface area contributed by atoms with E-state index in [9.17, 15) is 4.79 Å². The number of piperidine rings is 1.